The van der Waals surface area contributed by atoms with Crippen LogP contribution in [0.25, 0.3) is 11.3 Å². The molecule has 1 aliphatic heterocycles. The van der Waals surface area contributed by atoms with Crippen molar-refractivity contribution in [3.8, 4) is 11.3 Å². The summed E-state index contributed by atoms with van der Waals surface area (Å²) >= 11 is 1.63. The van der Waals surface area contributed by atoms with Crippen LogP contribution in [0.15, 0.2) is 47.8 Å². The molecule has 2 aromatic carbocycles. The Kier molecular flexibility index (Phi) is 6.94. The number of nitrogens with zero attached hydrogens (tertiary/aromatic N) is 2. The lowest BCUT2D eigenvalue weighted by Gasteiger charge is -2.35. The highest BCUT2D eigenvalue weighted by Gasteiger charge is 2.26. The minimum absolute atomic E-state index is 0.0387. The molecular formula is C27H31N3O2S. The lowest BCUT2D eigenvalue weighted by molar-refractivity contribution is -0.115. The van der Waals surface area contributed by atoms with Gasteiger partial charge >= 0.3 is 0 Å². The predicted molar refractivity (Wildman–Crippen MR) is 135 cm³/mol. The molecule has 1 saturated heterocycles. The van der Waals surface area contributed by atoms with Crippen LogP contribution in [0.5, 0.6) is 0 Å². The number of thiazole rings is 1. The molecule has 1 fully saturated rings. The van der Waals surface area contributed by atoms with Crippen LogP contribution in [0.4, 0.5) is 5.69 Å². The summed E-state index contributed by atoms with van der Waals surface area (Å²) in [6.07, 6.45) is 1.43. The Labute approximate surface area is 199 Å². The number of anilines is 1. The molecule has 4 rings (SSSR count). The summed E-state index contributed by atoms with van der Waals surface area (Å²) in [7, 11) is 0. The third kappa shape index (κ3) is 5.69. The van der Waals surface area contributed by atoms with E-state index in [0.29, 0.717) is 23.1 Å². The maximum Gasteiger partial charge on any atom is 0.253 e. The van der Waals surface area contributed by atoms with Crippen molar-refractivity contribution >= 4 is 28.8 Å². The van der Waals surface area contributed by atoms with Crippen molar-refractivity contribution in [2.75, 3.05) is 18.4 Å². The molecule has 1 N–H and O–H groups in total. The van der Waals surface area contributed by atoms with E-state index in [-0.39, 0.29) is 18.2 Å². The lowest BCUT2D eigenvalue weighted by Crippen LogP contribution is -2.42. The molecule has 2 atom stereocenters. The average molecular weight is 462 g/mol. The van der Waals surface area contributed by atoms with Gasteiger partial charge in [0.15, 0.2) is 0 Å². The first-order chi connectivity index (χ1) is 15.8. The molecule has 5 nitrogen and oxygen atoms in total. The van der Waals surface area contributed by atoms with Crippen LogP contribution in [-0.2, 0) is 11.2 Å². The second kappa shape index (κ2) is 9.87. The van der Waals surface area contributed by atoms with Gasteiger partial charge < -0.3 is 10.2 Å². The zero-order valence-electron chi connectivity index (χ0n) is 19.7. The molecule has 0 radical (unpaired) electrons. The van der Waals surface area contributed by atoms with Crippen LogP contribution in [0.1, 0.15) is 46.8 Å². The third-order valence-electron chi connectivity index (χ3n) is 6.15. The van der Waals surface area contributed by atoms with Crippen molar-refractivity contribution in [1.82, 2.24) is 9.88 Å². The smallest absolute Gasteiger partial charge is 0.253 e. The summed E-state index contributed by atoms with van der Waals surface area (Å²) in [5, 5.41) is 6.08. The quantitative estimate of drug-likeness (QED) is 0.528. The predicted octanol–water partition coefficient (Wildman–Crippen LogP) is 5.73. The van der Waals surface area contributed by atoms with E-state index in [0.717, 1.165) is 46.9 Å². The van der Waals surface area contributed by atoms with E-state index in [1.54, 1.807) is 11.3 Å². The largest absolute Gasteiger partial charge is 0.338 e. The second-order valence-electron chi connectivity index (χ2n) is 9.36. The zero-order valence-corrected chi connectivity index (χ0v) is 20.5. The van der Waals surface area contributed by atoms with Crippen LogP contribution < -0.4 is 5.32 Å². The molecule has 2 heterocycles. The summed E-state index contributed by atoms with van der Waals surface area (Å²) in [6.45, 7) is 9.90. The number of carbonyl (C=O) groups excluding carboxylic acids is 2. The highest BCUT2D eigenvalue weighted by atomic mass is 32.1. The first kappa shape index (κ1) is 23.2. The fourth-order valence-corrected chi connectivity index (χ4v) is 5.19. The molecule has 33 heavy (non-hydrogen) atoms. The summed E-state index contributed by atoms with van der Waals surface area (Å²) in [5.74, 6) is 0.957. The molecule has 0 saturated carbocycles. The van der Waals surface area contributed by atoms with Crippen LogP contribution in [-0.4, -0.2) is 34.8 Å². The highest BCUT2D eigenvalue weighted by molar-refractivity contribution is 7.09. The van der Waals surface area contributed by atoms with Gasteiger partial charge in [-0.1, -0.05) is 44.2 Å². The first-order valence-electron chi connectivity index (χ1n) is 11.5. The van der Waals surface area contributed by atoms with E-state index >= 15 is 0 Å². The van der Waals surface area contributed by atoms with Crippen molar-refractivity contribution in [2.24, 2.45) is 11.8 Å². The SMILES string of the molecule is Cc1nc(-c2ccc(CC(=O)Nc3cc(C(=O)N4CC(C)CC(C)C4)ccc3C)cc2)cs1. The number of aromatic nitrogens is 1. The monoisotopic (exact) mass is 461 g/mol. The van der Waals surface area contributed by atoms with Crippen molar-refractivity contribution in [3.63, 3.8) is 0 Å². The Morgan fingerprint density at radius 3 is 2.39 bits per heavy atom. The van der Waals surface area contributed by atoms with E-state index < -0.39 is 0 Å². The number of likely N-dealkylation sites (tertiary alicyclic amines) is 1. The summed E-state index contributed by atoms with van der Waals surface area (Å²) in [6, 6.07) is 13.5. The number of hydrogen-bond donors (Lipinski definition) is 1. The lowest BCUT2D eigenvalue weighted by atomic mass is 9.91. The van der Waals surface area contributed by atoms with Crippen LogP contribution in [0, 0.1) is 25.7 Å². The number of amides is 2. The van der Waals surface area contributed by atoms with Crippen molar-refractivity contribution in [2.45, 2.75) is 40.5 Å². The van der Waals surface area contributed by atoms with Gasteiger partial charge in [-0.25, -0.2) is 4.98 Å². The number of hydrogen-bond acceptors (Lipinski definition) is 4. The Morgan fingerprint density at radius 1 is 1.06 bits per heavy atom. The minimum Gasteiger partial charge on any atom is -0.338 e. The molecule has 0 aliphatic carbocycles. The molecule has 6 heteroatoms. The summed E-state index contributed by atoms with van der Waals surface area (Å²) in [5.41, 5.74) is 5.20. The number of carbonyl (C=O) groups is 2. The molecule has 172 valence electrons. The molecule has 3 aromatic rings. The van der Waals surface area contributed by atoms with Crippen LogP contribution in [0.2, 0.25) is 0 Å². The summed E-state index contributed by atoms with van der Waals surface area (Å²) < 4.78 is 0. The van der Waals surface area contributed by atoms with Crippen LogP contribution in [0.3, 0.4) is 0 Å². The summed E-state index contributed by atoms with van der Waals surface area (Å²) in [4.78, 5) is 32.3. The third-order valence-corrected chi connectivity index (χ3v) is 6.92. The number of rotatable bonds is 5. The molecule has 1 aromatic heterocycles. The molecular weight excluding hydrogens is 430 g/mol. The van der Waals surface area contributed by atoms with Gasteiger partial charge in [0.25, 0.3) is 5.91 Å². The number of piperidine rings is 1. The fourth-order valence-electron chi connectivity index (χ4n) is 4.57. The number of aryl methyl sites for hydroxylation is 2. The van der Waals surface area contributed by atoms with Gasteiger partial charge in [-0.2, -0.15) is 0 Å². The van der Waals surface area contributed by atoms with E-state index in [1.165, 1.54) is 0 Å². The minimum atomic E-state index is -0.0971. The molecule has 2 amide bonds. The maximum atomic E-state index is 13.1. The topological polar surface area (TPSA) is 62.3 Å². The van der Waals surface area contributed by atoms with Crippen molar-refractivity contribution in [3.05, 3.63) is 69.5 Å². The molecule has 2 unspecified atom stereocenters. The Balaban J connectivity index is 1.42. The first-order valence-corrected chi connectivity index (χ1v) is 12.4. The molecule has 0 bridgehead atoms. The van der Waals surface area contributed by atoms with E-state index in [2.05, 4.69) is 24.1 Å². The Hall–Kier alpha value is -2.99. The van der Waals surface area contributed by atoms with E-state index in [1.807, 2.05) is 66.6 Å². The van der Waals surface area contributed by atoms with Gasteiger partial charge in [-0.3, -0.25) is 9.59 Å². The van der Waals surface area contributed by atoms with Gasteiger partial charge in [0, 0.05) is 35.3 Å². The van der Waals surface area contributed by atoms with Gasteiger partial charge in [0.05, 0.1) is 17.1 Å². The van der Waals surface area contributed by atoms with E-state index in [4.69, 9.17) is 0 Å². The molecule has 0 spiro atoms. The van der Waals surface area contributed by atoms with Gasteiger partial charge in [-0.15, -0.1) is 11.3 Å². The fraction of sp³-hybridized carbons (Fsp3) is 0.370. The maximum absolute atomic E-state index is 13.1. The number of benzene rings is 2. The average Bonchev–Trinajstić information content (AvgIpc) is 3.21. The zero-order chi connectivity index (χ0) is 23.5. The standard InChI is InChI=1S/C27H31N3O2S/c1-17-11-18(2)15-30(14-17)27(32)23-8-5-19(3)24(13-23)29-26(31)12-21-6-9-22(10-7-21)25-16-33-20(4)28-25/h5-10,13,16-18H,11-12,14-15H2,1-4H3,(H,29,31). The molecule has 1 aliphatic rings. The normalized spacial score (nSPS) is 18.2. The van der Waals surface area contributed by atoms with Gasteiger partial charge in [0.1, 0.15) is 0 Å². The second-order valence-corrected chi connectivity index (χ2v) is 10.4. The van der Waals surface area contributed by atoms with Gasteiger partial charge in [-0.05, 0) is 55.4 Å². The van der Waals surface area contributed by atoms with Crippen molar-refractivity contribution in [1.29, 1.82) is 0 Å². The Morgan fingerprint density at radius 2 is 1.76 bits per heavy atom. The highest BCUT2D eigenvalue weighted by Crippen LogP contribution is 2.25. The Bertz CT molecular complexity index is 1140. The number of nitrogens with one attached hydrogen (secondary N) is 1. The van der Waals surface area contributed by atoms with Crippen molar-refractivity contribution < 1.29 is 9.59 Å². The van der Waals surface area contributed by atoms with Gasteiger partial charge in [0.2, 0.25) is 5.91 Å². The van der Waals surface area contributed by atoms with Crippen LogP contribution >= 0.6 is 11.3 Å². The van der Waals surface area contributed by atoms with E-state index in [9.17, 15) is 9.59 Å².